The number of amides is 1. The molecular weight excluding hydrogens is 349 g/mol. The zero-order valence-corrected chi connectivity index (χ0v) is 15.2. The first-order valence-electron chi connectivity index (χ1n) is 7.69. The maximum atomic E-state index is 11.8. The van der Waals surface area contributed by atoms with Gasteiger partial charge in [0.1, 0.15) is 12.7 Å². The number of benzene rings is 1. The van der Waals surface area contributed by atoms with Gasteiger partial charge < -0.3 is 11.1 Å². The number of carbonyl (C=O) groups excluding carboxylic acids is 1. The predicted octanol–water partition coefficient (Wildman–Crippen LogP) is 3.02. The molecule has 1 aromatic carbocycles. The zero-order chi connectivity index (χ0) is 15.6. The van der Waals surface area contributed by atoms with Crippen molar-refractivity contribution in [3.05, 3.63) is 42.5 Å². The second-order valence-corrected chi connectivity index (χ2v) is 5.29. The van der Waals surface area contributed by atoms with Gasteiger partial charge in [0.05, 0.1) is 6.54 Å². The standard InChI is InChI=1S/C16H23N5O.2ClH/c17-10-4-2-1-3-5-16(22)20-15-8-6-14(7-9-15)11-21-13-18-12-19-21;;/h6-9,12-13H,1-5,10-11,17H2,(H,20,22);2*1H. The molecule has 0 bridgehead atoms. The van der Waals surface area contributed by atoms with Crippen molar-refractivity contribution in [3.63, 3.8) is 0 Å². The van der Waals surface area contributed by atoms with Crippen LogP contribution in [-0.4, -0.2) is 27.2 Å². The SMILES string of the molecule is Cl.Cl.NCCCCCCC(=O)Nc1ccc(Cn2cncn2)cc1. The highest BCUT2D eigenvalue weighted by Gasteiger charge is 2.03. The van der Waals surface area contributed by atoms with Gasteiger partial charge in [-0.2, -0.15) is 5.10 Å². The molecule has 0 fully saturated rings. The fourth-order valence-corrected chi connectivity index (χ4v) is 2.20. The molecule has 1 aromatic heterocycles. The lowest BCUT2D eigenvalue weighted by atomic mass is 10.1. The molecule has 3 N–H and O–H groups in total. The molecule has 0 aliphatic heterocycles. The third kappa shape index (κ3) is 8.29. The summed E-state index contributed by atoms with van der Waals surface area (Å²) in [4.78, 5) is 15.7. The molecule has 1 heterocycles. The fourth-order valence-electron chi connectivity index (χ4n) is 2.20. The van der Waals surface area contributed by atoms with E-state index in [4.69, 9.17) is 5.73 Å². The first-order chi connectivity index (χ1) is 10.8. The van der Waals surface area contributed by atoms with Crippen molar-refractivity contribution < 1.29 is 4.79 Å². The van der Waals surface area contributed by atoms with Crippen LogP contribution in [0.25, 0.3) is 0 Å². The number of hydrogen-bond donors (Lipinski definition) is 2. The van der Waals surface area contributed by atoms with Gasteiger partial charge in [-0.1, -0.05) is 25.0 Å². The highest BCUT2D eigenvalue weighted by Crippen LogP contribution is 2.12. The Bertz CT molecular complexity index is 560. The number of halogens is 2. The van der Waals surface area contributed by atoms with Gasteiger partial charge in [0.15, 0.2) is 0 Å². The summed E-state index contributed by atoms with van der Waals surface area (Å²) in [5.41, 5.74) is 7.38. The average Bonchev–Trinajstić information content (AvgIpc) is 3.02. The van der Waals surface area contributed by atoms with Crippen molar-refractivity contribution in [2.75, 3.05) is 11.9 Å². The lowest BCUT2D eigenvalue weighted by molar-refractivity contribution is -0.116. The number of nitrogens with zero attached hydrogens (tertiary/aromatic N) is 3. The van der Waals surface area contributed by atoms with E-state index in [0.717, 1.165) is 43.5 Å². The van der Waals surface area contributed by atoms with Crippen molar-refractivity contribution in [2.24, 2.45) is 5.73 Å². The first-order valence-corrected chi connectivity index (χ1v) is 7.69. The molecule has 24 heavy (non-hydrogen) atoms. The summed E-state index contributed by atoms with van der Waals surface area (Å²) in [5, 5.41) is 6.99. The molecule has 0 aliphatic carbocycles. The summed E-state index contributed by atoms with van der Waals surface area (Å²) >= 11 is 0. The van der Waals surface area contributed by atoms with Crippen molar-refractivity contribution in [3.8, 4) is 0 Å². The van der Waals surface area contributed by atoms with Gasteiger partial charge >= 0.3 is 0 Å². The highest BCUT2D eigenvalue weighted by atomic mass is 35.5. The Labute approximate surface area is 155 Å². The van der Waals surface area contributed by atoms with E-state index >= 15 is 0 Å². The molecule has 2 rings (SSSR count). The van der Waals surface area contributed by atoms with Crippen LogP contribution in [0.15, 0.2) is 36.9 Å². The second-order valence-electron chi connectivity index (χ2n) is 5.29. The predicted molar refractivity (Wildman–Crippen MR) is 101 cm³/mol. The van der Waals surface area contributed by atoms with Gasteiger partial charge in [0.25, 0.3) is 0 Å². The molecule has 0 spiro atoms. The Morgan fingerprint density at radius 3 is 2.42 bits per heavy atom. The third-order valence-electron chi connectivity index (χ3n) is 3.41. The lowest BCUT2D eigenvalue weighted by Gasteiger charge is -2.07. The summed E-state index contributed by atoms with van der Waals surface area (Å²) in [6, 6.07) is 7.80. The molecule has 6 nitrogen and oxygen atoms in total. The van der Waals surface area contributed by atoms with Crippen LogP contribution < -0.4 is 11.1 Å². The van der Waals surface area contributed by atoms with E-state index in [-0.39, 0.29) is 30.7 Å². The van der Waals surface area contributed by atoms with Crippen LogP contribution in [0.1, 0.15) is 37.7 Å². The topological polar surface area (TPSA) is 85.8 Å². The van der Waals surface area contributed by atoms with Gasteiger partial charge in [-0.15, -0.1) is 24.8 Å². The van der Waals surface area contributed by atoms with Gasteiger partial charge in [-0.25, -0.2) is 9.67 Å². The normalized spacial score (nSPS) is 9.71. The molecule has 1 amide bonds. The molecule has 2 aromatic rings. The minimum Gasteiger partial charge on any atom is -0.330 e. The summed E-state index contributed by atoms with van der Waals surface area (Å²) in [6.07, 6.45) is 7.86. The molecule has 0 radical (unpaired) electrons. The molecule has 0 atom stereocenters. The number of aromatic nitrogens is 3. The number of unbranched alkanes of at least 4 members (excludes halogenated alkanes) is 3. The molecule has 134 valence electrons. The number of carbonyl (C=O) groups is 1. The van der Waals surface area contributed by atoms with E-state index in [0.29, 0.717) is 13.0 Å². The summed E-state index contributed by atoms with van der Waals surface area (Å²) < 4.78 is 1.76. The van der Waals surface area contributed by atoms with Crippen molar-refractivity contribution >= 4 is 36.4 Å². The molecule has 0 unspecified atom stereocenters. The van der Waals surface area contributed by atoms with Crippen LogP contribution >= 0.6 is 24.8 Å². The summed E-state index contributed by atoms with van der Waals surface area (Å²) in [5.74, 6) is 0.0665. The molecule has 8 heteroatoms. The number of nitrogens with two attached hydrogens (primary N) is 1. The van der Waals surface area contributed by atoms with Crippen molar-refractivity contribution in [1.82, 2.24) is 14.8 Å². The van der Waals surface area contributed by atoms with E-state index in [1.165, 1.54) is 6.33 Å². The van der Waals surface area contributed by atoms with E-state index in [1.807, 2.05) is 24.3 Å². The highest BCUT2D eigenvalue weighted by molar-refractivity contribution is 5.90. The van der Waals surface area contributed by atoms with Gasteiger partial charge in [-0.3, -0.25) is 4.79 Å². The van der Waals surface area contributed by atoms with Crippen LogP contribution in [0.5, 0.6) is 0 Å². The Hall–Kier alpha value is -1.63. The van der Waals surface area contributed by atoms with Crippen molar-refractivity contribution in [2.45, 2.75) is 38.6 Å². The van der Waals surface area contributed by atoms with Crippen LogP contribution in [-0.2, 0) is 11.3 Å². The Morgan fingerprint density at radius 1 is 1.08 bits per heavy atom. The van der Waals surface area contributed by atoms with E-state index in [1.54, 1.807) is 11.0 Å². The minimum atomic E-state index is 0. The van der Waals surface area contributed by atoms with Crippen LogP contribution in [0.2, 0.25) is 0 Å². The second kappa shape index (κ2) is 12.8. The average molecular weight is 374 g/mol. The zero-order valence-electron chi connectivity index (χ0n) is 13.6. The number of nitrogens with one attached hydrogen (secondary N) is 1. The smallest absolute Gasteiger partial charge is 0.224 e. The number of rotatable bonds is 9. The Morgan fingerprint density at radius 2 is 1.79 bits per heavy atom. The summed E-state index contributed by atoms with van der Waals surface area (Å²) in [7, 11) is 0. The van der Waals surface area contributed by atoms with Crippen LogP contribution in [0.3, 0.4) is 0 Å². The summed E-state index contributed by atoms with van der Waals surface area (Å²) in [6.45, 7) is 1.41. The number of anilines is 1. The Balaban J connectivity index is 0.00000264. The Kier molecular flexibility index (Phi) is 11.9. The maximum absolute atomic E-state index is 11.8. The van der Waals surface area contributed by atoms with Gasteiger partial charge in [-0.05, 0) is 37.1 Å². The fraction of sp³-hybridized carbons (Fsp3) is 0.438. The van der Waals surface area contributed by atoms with Crippen molar-refractivity contribution in [1.29, 1.82) is 0 Å². The molecule has 0 aliphatic rings. The quantitative estimate of drug-likeness (QED) is 0.661. The van der Waals surface area contributed by atoms with E-state index in [2.05, 4.69) is 15.4 Å². The minimum absolute atomic E-state index is 0. The molecule has 0 saturated heterocycles. The van der Waals surface area contributed by atoms with Gasteiger partial charge in [0.2, 0.25) is 5.91 Å². The third-order valence-corrected chi connectivity index (χ3v) is 3.41. The van der Waals surface area contributed by atoms with E-state index in [9.17, 15) is 4.79 Å². The largest absolute Gasteiger partial charge is 0.330 e. The van der Waals surface area contributed by atoms with Crippen LogP contribution in [0.4, 0.5) is 5.69 Å². The molecular formula is C16H25Cl2N5O. The maximum Gasteiger partial charge on any atom is 0.224 e. The monoisotopic (exact) mass is 373 g/mol. The van der Waals surface area contributed by atoms with Gasteiger partial charge in [0, 0.05) is 12.1 Å². The molecule has 0 saturated carbocycles. The lowest BCUT2D eigenvalue weighted by Crippen LogP contribution is -2.11. The van der Waals surface area contributed by atoms with Crippen LogP contribution in [0, 0.1) is 0 Å². The number of hydrogen-bond acceptors (Lipinski definition) is 4. The first kappa shape index (κ1) is 22.4. The van der Waals surface area contributed by atoms with E-state index < -0.39 is 0 Å².